The van der Waals surface area contributed by atoms with Crippen molar-refractivity contribution in [3.05, 3.63) is 93.2 Å². The lowest BCUT2D eigenvalue weighted by Crippen LogP contribution is -2.03. The standard InChI is InChI=1S/C20H14Cl2FNS/c1-12-4-2-3-5-15(12)20(25)16-8-6-13(10-18(16)22)24-14-7-9-17(21)19(23)11-14/h2-11,24H,1H3. The number of hydrogen-bond donors (Lipinski definition) is 1. The molecule has 0 aromatic heterocycles. The van der Waals surface area contributed by atoms with Gasteiger partial charge in [-0.15, -0.1) is 0 Å². The number of anilines is 2. The summed E-state index contributed by atoms with van der Waals surface area (Å²) in [5.74, 6) is -0.477. The molecule has 1 N–H and O–H groups in total. The number of aryl methyl sites for hydroxylation is 1. The first-order chi connectivity index (χ1) is 12.0. The molecule has 126 valence electrons. The first-order valence-electron chi connectivity index (χ1n) is 7.57. The van der Waals surface area contributed by atoms with E-state index in [1.165, 1.54) is 12.1 Å². The molecule has 3 aromatic rings. The molecule has 0 aliphatic carbocycles. The Morgan fingerprint density at radius 2 is 1.56 bits per heavy atom. The highest BCUT2D eigenvalue weighted by atomic mass is 35.5. The van der Waals surface area contributed by atoms with Crippen molar-refractivity contribution in [3.8, 4) is 0 Å². The van der Waals surface area contributed by atoms with Gasteiger partial charge < -0.3 is 5.32 Å². The number of hydrogen-bond acceptors (Lipinski definition) is 2. The van der Waals surface area contributed by atoms with Crippen molar-refractivity contribution >= 4 is 51.7 Å². The summed E-state index contributed by atoms with van der Waals surface area (Å²) in [5.41, 5.74) is 4.20. The molecule has 0 unspecified atom stereocenters. The number of thiocarbonyl (C=S) groups is 1. The van der Waals surface area contributed by atoms with Gasteiger partial charge >= 0.3 is 0 Å². The van der Waals surface area contributed by atoms with E-state index < -0.39 is 5.82 Å². The highest BCUT2D eigenvalue weighted by molar-refractivity contribution is 7.81. The van der Waals surface area contributed by atoms with E-state index in [1.807, 2.05) is 43.3 Å². The van der Waals surface area contributed by atoms with Gasteiger partial charge in [0.2, 0.25) is 0 Å². The average Bonchev–Trinajstić information content (AvgIpc) is 2.58. The Labute approximate surface area is 161 Å². The van der Waals surface area contributed by atoms with Gasteiger partial charge in [0.05, 0.1) is 14.9 Å². The fourth-order valence-electron chi connectivity index (χ4n) is 2.49. The van der Waals surface area contributed by atoms with Gasteiger partial charge in [0, 0.05) is 16.9 Å². The molecule has 0 aliphatic rings. The van der Waals surface area contributed by atoms with Gasteiger partial charge in [0.25, 0.3) is 0 Å². The van der Waals surface area contributed by atoms with E-state index in [9.17, 15) is 4.39 Å². The molecule has 0 bridgehead atoms. The largest absolute Gasteiger partial charge is 0.355 e. The van der Waals surface area contributed by atoms with Crippen LogP contribution in [0.25, 0.3) is 0 Å². The van der Waals surface area contributed by atoms with E-state index in [1.54, 1.807) is 12.1 Å². The van der Waals surface area contributed by atoms with Crippen LogP contribution in [0.4, 0.5) is 15.8 Å². The molecule has 3 aromatic carbocycles. The maximum absolute atomic E-state index is 13.5. The summed E-state index contributed by atoms with van der Waals surface area (Å²) in [6.45, 7) is 2.01. The van der Waals surface area contributed by atoms with Gasteiger partial charge in [0.15, 0.2) is 0 Å². The molecule has 0 spiro atoms. The first kappa shape index (κ1) is 17.9. The molecule has 5 heteroatoms. The van der Waals surface area contributed by atoms with Crippen molar-refractivity contribution in [1.29, 1.82) is 0 Å². The van der Waals surface area contributed by atoms with Crippen LogP contribution in [0.15, 0.2) is 60.7 Å². The second kappa shape index (κ2) is 7.52. The van der Waals surface area contributed by atoms with Crippen molar-refractivity contribution in [1.82, 2.24) is 0 Å². The van der Waals surface area contributed by atoms with E-state index in [0.29, 0.717) is 15.6 Å². The average molecular weight is 390 g/mol. The second-order valence-electron chi connectivity index (χ2n) is 5.59. The molecular formula is C20H14Cl2FNS. The summed E-state index contributed by atoms with van der Waals surface area (Å²) < 4.78 is 13.5. The van der Waals surface area contributed by atoms with Gasteiger partial charge in [-0.25, -0.2) is 4.39 Å². The van der Waals surface area contributed by atoms with Crippen molar-refractivity contribution < 1.29 is 4.39 Å². The van der Waals surface area contributed by atoms with Crippen LogP contribution in [0.3, 0.4) is 0 Å². The lowest BCUT2D eigenvalue weighted by Gasteiger charge is -2.12. The predicted molar refractivity (Wildman–Crippen MR) is 108 cm³/mol. The van der Waals surface area contributed by atoms with Crippen LogP contribution in [0.5, 0.6) is 0 Å². The molecule has 0 fully saturated rings. The molecule has 0 aliphatic heterocycles. The zero-order valence-corrected chi connectivity index (χ0v) is 15.6. The molecule has 0 amide bonds. The number of nitrogens with one attached hydrogen (secondary N) is 1. The van der Waals surface area contributed by atoms with E-state index in [2.05, 4.69) is 5.32 Å². The molecule has 0 heterocycles. The van der Waals surface area contributed by atoms with E-state index >= 15 is 0 Å². The van der Waals surface area contributed by atoms with Crippen LogP contribution in [0.2, 0.25) is 10.0 Å². The topological polar surface area (TPSA) is 12.0 Å². The maximum atomic E-state index is 13.5. The maximum Gasteiger partial charge on any atom is 0.143 e. The highest BCUT2D eigenvalue weighted by Crippen LogP contribution is 2.28. The minimum atomic E-state index is -0.477. The predicted octanol–water partition coefficient (Wildman–Crippen LogP) is 6.95. The Morgan fingerprint density at radius 1 is 0.880 bits per heavy atom. The van der Waals surface area contributed by atoms with Gasteiger partial charge in [-0.05, 0) is 54.4 Å². The molecule has 25 heavy (non-hydrogen) atoms. The Morgan fingerprint density at radius 3 is 2.24 bits per heavy atom. The van der Waals surface area contributed by atoms with Crippen molar-refractivity contribution in [2.75, 3.05) is 5.32 Å². The summed E-state index contributed by atoms with van der Waals surface area (Å²) in [7, 11) is 0. The van der Waals surface area contributed by atoms with Crippen molar-refractivity contribution in [2.24, 2.45) is 0 Å². The minimum absolute atomic E-state index is 0.0857. The molecule has 0 saturated heterocycles. The minimum Gasteiger partial charge on any atom is -0.355 e. The number of benzene rings is 3. The third kappa shape index (κ3) is 4.01. The van der Waals surface area contributed by atoms with E-state index in [-0.39, 0.29) is 5.02 Å². The Kier molecular flexibility index (Phi) is 5.38. The second-order valence-corrected chi connectivity index (χ2v) is 6.82. The third-order valence-electron chi connectivity index (χ3n) is 3.81. The SMILES string of the molecule is Cc1ccccc1C(=S)c1ccc(Nc2ccc(Cl)c(F)c2)cc1Cl. The molecule has 1 nitrogen and oxygen atoms in total. The number of rotatable bonds is 4. The fourth-order valence-corrected chi connectivity index (χ4v) is 3.35. The monoisotopic (exact) mass is 389 g/mol. The smallest absolute Gasteiger partial charge is 0.143 e. The highest BCUT2D eigenvalue weighted by Gasteiger charge is 2.11. The van der Waals surface area contributed by atoms with Crippen molar-refractivity contribution in [3.63, 3.8) is 0 Å². The van der Waals surface area contributed by atoms with Crippen LogP contribution < -0.4 is 5.32 Å². The molecule has 3 rings (SSSR count). The normalized spacial score (nSPS) is 10.6. The Bertz CT molecular complexity index is 956. The zero-order valence-electron chi connectivity index (χ0n) is 13.3. The van der Waals surface area contributed by atoms with E-state index in [0.717, 1.165) is 22.4 Å². The fraction of sp³-hybridized carbons (Fsp3) is 0.0500. The quantitative estimate of drug-likeness (QED) is 0.382. The van der Waals surface area contributed by atoms with Crippen LogP contribution >= 0.6 is 35.4 Å². The number of halogens is 3. The Hall–Kier alpha value is -1.94. The van der Waals surface area contributed by atoms with E-state index in [4.69, 9.17) is 35.4 Å². The van der Waals surface area contributed by atoms with Gasteiger partial charge in [-0.1, -0.05) is 59.7 Å². The van der Waals surface area contributed by atoms with Crippen LogP contribution in [0, 0.1) is 12.7 Å². The van der Waals surface area contributed by atoms with Crippen molar-refractivity contribution in [2.45, 2.75) is 6.92 Å². The van der Waals surface area contributed by atoms with Gasteiger partial charge in [0.1, 0.15) is 5.82 Å². The summed E-state index contributed by atoms with van der Waals surface area (Å²) in [6, 6.07) is 18.0. The molecule has 0 saturated carbocycles. The Balaban J connectivity index is 1.87. The lowest BCUT2D eigenvalue weighted by atomic mass is 10.00. The summed E-state index contributed by atoms with van der Waals surface area (Å²) in [6.07, 6.45) is 0. The van der Waals surface area contributed by atoms with Gasteiger partial charge in [-0.3, -0.25) is 0 Å². The summed E-state index contributed by atoms with van der Waals surface area (Å²) in [5, 5.41) is 3.72. The van der Waals surface area contributed by atoms with Crippen LogP contribution in [-0.4, -0.2) is 4.86 Å². The lowest BCUT2D eigenvalue weighted by molar-refractivity contribution is 0.629. The summed E-state index contributed by atoms with van der Waals surface area (Å²) in [4.78, 5) is 0.701. The molecular weight excluding hydrogens is 376 g/mol. The molecule has 0 radical (unpaired) electrons. The third-order valence-corrected chi connectivity index (χ3v) is 4.87. The first-order valence-corrected chi connectivity index (χ1v) is 8.74. The van der Waals surface area contributed by atoms with Crippen LogP contribution in [-0.2, 0) is 0 Å². The van der Waals surface area contributed by atoms with Gasteiger partial charge in [-0.2, -0.15) is 0 Å². The zero-order chi connectivity index (χ0) is 18.0. The summed E-state index contributed by atoms with van der Waals surface area (Å²) >= 11 is 17.7. The molecule has 0 atom stereocenters. The van der Waals surface area contributed by atoms with Crippen LogP contribution in [0.1, 0.15) is 16.7 Å².